The highest BCUT2D eigenvalue weighted by molar-refractivity contribution is 8.00. The van der Waals surface area contributed by atoms with Crippen molar-refractivity contribution in [1.29, 1.82) is 0 Å². The minimum Gasteiger partial charge on any atom is -0.468 e. The topological polar surface area (TPSA) is 28.4 Å². The molecule has 3 nitrogen and oxygen atoms in total. The van der Waals surface area contributed by atoms with Gasteiger partial charge in [-0.15, -0.1) is 0 Å². The average Bonchev–Trinajstić information content (AvgIpc) is 2.84. The van der Waals surface area contributed by atoms with E-state index in [-0.39, 0.29) is 0 Å². The van der Waals surface area contributed by atoms with Crippen molar-refractivity contribution in [3.63, 3.8) is 0 Å². The molecule has 1 saturated heterocycles. The second-order valence-corrected chi connectivity index (χ2v) is 6.19. The predicted molar refractivity (Wildman–Crippen MR) is 77.9 cm³/mol. The number of hydrogen-bond acceptors (Lipinski definition) is 4. The Kier molecular flexibility index (Phi) is 5.60. The first-order valence-corrected chi connectivity index (χ1v) is 7.98. The van der Waals surface area contributed by atoms with Crippen molar-refractivity contribution in [2.45, 2.75) is 38.6 Å². The Labute approximate surface area is 114 Å². The molecule has 18 heavy (non-hydrogen) atoms. The van der Waals surface area contributed by atoms with Gasteiger partial charge in [0.15, 0.2) is 0 Å². The molecule has 1 aromatic heterocycles. The number of nitrogens with one attached hydrogen (secondary N) is 1. The number of nitrogens with zero attached hydrogens (tertiary/aromatic N) is 1. The van der Waals surface area contributed by atoms with E-state index in [0.29, 0.717) is 0 Å². The second kappa shape index (κ2) is 7.22. The lowest BCUT2D eigenvalue weighted by Crippen LogP contribution is -2.37. The van der Waals surface area contributed by atoms with Crippen LogP contribution in [0.1, 0.15) is 31.6 Å². The van der Waals surface area contributed by atoms with Gasteiger partial charge in [0.1, 0.15) is 5.76 Å². The fraction of sp³-hybridized carbons (Fsp3) is 0.714. The predicted octanol–water partition coefficient (Wildman–Crippen LogP) is 2.72. The summed E-state index contributed by atoms with van der Waals surface area (Å²) in [6.07, 6.45) is 3.08. The fourth-order valence-electron chi connectivity index (χ4n) is 2.30. The first-order valence-electron chi connectivity index (χ1n) is 6.93. The van der Waals surface area contributed by atoms with Gasteiger partial charge in [-0.3, -0.25) is 4.90 Å². The molecule has 4 heteroatoms. The van der Waals surface area contributed by atoms with Gasteiger partial charge < -0.3 is 9.73 Å². The minimum atomic E-state index is 0.797. The molecule has 0 amide bonds. The molecule has 1 fully saturated rings. The Morgan fingerprint density at radius 1 is 1.50 bits per heavy atom. The summed E-state index contributed by atoms with van der Waals surface area (Å²) in [5.74, 6) is 2.39. The van der Waals surface area contributed by atoms with Crippen molar-refractivity contribution in [3.8, 4) is 0 Å². The summed E-state index contributed by atoms with van der Waals surface area (Å²) < 4.78 is 5.64. The first kappa shape index (κ1) is 14.0. The minimum absolute atomic E-state index is 0.797. The van der Waals surface area contributed by atoms with E-state index in [1.54, 1.807) is 0 Å². The molecule has 102 valence electrons. The van der Waals surface area contributed by atoms with Crippen LogP contribution in [0.5, 0.6) is 0 Å². The van der Waals surface area contributed by atoms with Gasteiger partial charge in [0.2, 0.25) is 0 Å². The van der Waals surface area contributed by atoms with Crippen LogP contribution in [0.4, 0.5) is 0 Å². The quantitative estimate of drug-likeness (QED) is 0.859. The van der Waals surface area contributed by atoms with E-state index < -0.39 is 0 Å². The third-order valence-electron chi connectivity index (χ3n) is 3.45. The van der Waals surface area contributed by atoms with Crippen molar-refractivity contribution in [3.05, 3.63) is 23.7 Å². The molecule has 0 aromatic carbocycles. The number of rotatable bonds is 6. The molecule has 0 saturated carbocycles. The van der Waals surface area contributed by atoms with Crippen molar-refractivity contribution < 1.29 is 4.42 Å². The van der Waals surface area contributed by atoms with E-state index in [1.165, 1.54) is 30.8 Å². The molecule has 1 aliphatic rings. The van der Waals surface area contributed by atoms with Gasteiger partial charge >= 0.3 is 0 Å². The molecule has 0 radical (unpaired) electrons. The molecule has 0 bridgehead atoms. The third-order valence-corrected chi connectivity index (χ3v) is 4.82. The summed E-state index contributed by atoms with van der Waals surface area (Å²) in [5, 5.41) is 4.16. The molecule has 1 N–H and O–H groups in total. The summed E-state index contributed by atoms with van der Waals surface area (Å²) in [4.78, 5) is 2.53. The highest BCUT2D eigenvalue weighted by Crippen LogP contribution is 2.23. The SMILES string of the molecule is CCNCc1ccoc1CN1CCSC(CC)C1. The number of thioether (sulfide) groups is 1. The summed E-state index contributed by atoms with van der Waals surface area (Å²) in [5.41, 5.74) is 1.31. The largest absolute Gasteiger partial charge is 0.468 e. The lowest BCUT2D eigenvalue weighted by atomic mass is 10.2. The van der Waals surface area contributed by atoms with Crippen molar-refractivity contribution in [2.75, 3.05) is 25.4 Å². The van der Waals surface area contributed by atoms with E-state index in [9.17, 15) is 0 Å². The van der Waals surface area contributed by atoms with Crippen LogP contribution < -0.4 is 5.32 Å². The van der Waals surface area contributed by atoms with Gasteiger partial charge in [-0.25, -0.2) is 0 Å². The van der Waals surface area contributed by atoms with Gasteiger partial charge in [-0.05, 0) is 19.0 Å². The Balaban J connectivity index is 1.90. The summed E-state index contributed by atoms with van der Waals surface area (Å²) >= 11 is 2.11. The molecular formula is C14H24N2OS. The molecule has 2 heterocycles. The maximum Gasteiger partial charge on any atom is 0.122 e. The molecule has 1 atom stereocenters. The fourth-order valence-corrected chi connectivity index (χ4v) is 3.55. The van der Waals surface area contributed by atoms with E-state index in [0.717, 1.165) is 30.6 Å². The van der Waals surface area contributed by atoms with Gasteiger partial charge in [0, 0.05) is 36.2 Å². The number of furan rings is 1. The Hall–Kier alpha value is -0.450. The first-order chi connectivity index (χ1) is 8.83. The van der Waals surface area contributed by atoms with E-state index in [4.69, 9.17) is 4.42 Å². The lowest BCUT2D eigenvalue weighted by molar-refractivity contribution is 0.249. The van der Waals surface area contributed by atoms with Crippen molar-refractivity contribution in [1.82, 2.24) is 10.2 Å². The Morgan fingerprint density at radius 3 is 3.17 bits per heavy atom. The molecule has 1 unspecified atom stereocenters. The monoisotopic (exact) mass is 268 g/mol. The maximum atomic E-state index is 5.64. The third kappa shape index (κ3) is 3.77. The van der Waals surface area contributed by atoms with Crippen LogP contribution in [0.2, 0.25) is 0 Å². The zero-order chi connectivity index (χ0) is 12.8. The molecule has 1 aliphatic heterocycles. The zero-order valence-corrected chi connectivity index (χ0v) is 12.3. The Morgan fingerprint density at radius 2 is 2.39 bits per heavy atom. The maximum absolute atomic E-state index is 5.64. The van der Waals surface area contributed by atoms with Gasteiger partial charge in [-0.2, -0.15) is 11.8 Å². The van der Waals surface area contributed by atoms with Crippen LogP contribution >= 0.6 is 11.8 Å². The van der Waals surface area contributed by atoms with Crippen LogP contribution in [0, 0.1) is 0 Å². The van der Waals surface area contributed by atoms with Crippen LogP contribution in [-0.4, -0.2) is 35.5 Å². The summed E-state index contributed by atoms with van der Waals surface area (Å²) in [6.45, 7) is 9.68. The van der Waals surface area contributed by atoms with Gasteiger partial charge in [0.05, 0.1) is 12.8 Å². The second-order valence-electron chi connectivity index (χ2n) is 4.79. The standard InChI is InChI=1S/C14H24N2OS/c1-3-13-10-16(6-8-18-13)11-14-12(5-7-17-14)9-15-4-2/h5,7,13,15H,3-4,6,8-11H2,1-2H3. The Bertz CT molecular complexity index is 353. The van der Waals surface area contributed by atoms with E-state index in [1.807, 2.05) is 6.26 Å². The van der Waals surface area contributed by atoms with Gasteiger partial charge in [0.25, 0.3) is 0 Å². The molecular weight excluding hydrogens is 244 g/mol. The highest BCUT2D eigenvalue weighted by Gasteiger charge is 2.20. The average molecular weight is 268 g/mol. The lowest BCUT2D eigenvalue weighted by Gasteiger charge is -2.31. The highest BCUT2D eigenvalue weighted by atomic mass is 32.2. The molecule has 1 aromatic rings. The zero-order valence-electron chi connectivity index (χ0n) is 11.4. The molecule has 0 spiro atoms. The molecule has 2 rings (SSSR count). The van der Waals surface area contributed by atoms with Crippen molar-refractivity contribution in [2.24, 2.45) is 0 Å². The number of hydrogen-bond donors (Lipinski definition) is 1. The van der Waals surface area contributed by atoms with Crippen LogP contribution in [0.15, 0.2) is 16.7 Å². The van der Waals surface area contributed by atoms with Crippen LogP contribution in [0.3, 0.4) is 0 Å². The smallest absolute Gasteiger partial charge is 0.122 e. The summed E-state index contributed by atoms with van der Waals surface area (Å²) in [6, 6.07) is 2.09. The summed E-state index contributed by atoms with van der Waals surface area (Å²) in [7, 11) is 0. The van der Waals surface area contributed by atoms with Gasteiger partial charge in [-0.1, -0.05) is 13.8 Å². The van der Waals surface area contributed by atoms with E-state index >= 15 is 0 Å². The van der Waals surface area contributed by atoms with Crippen LogP contribution in [0.25, 0.3) is 0 Å². The van der Waals surface area contributed by atoms with Crippen molar-refractivity contribution >= 4 is 11.8 Å². The molecule has 0 aliphatic carbocycles. The van der Waals surface area contributed by atoms with Crippen LogP contribution in [-0.2, 0) is 13.1 Å². The normalized spacial score (nSPS) is 21.3. The van der Waals surface area contributed by atoms with E-state index in [2.05, 4.69) is 41.9 Å².